The van der Waals surface area contributed by atoms with Crippen molar-refractivity contribution < 1.29 is 0 Å². The Balaban J connectivity index is 1.29. The van der Waals surface area contributed by atoms with E-state index in [2.05, 4.69) is 227 Å². The van der Waals surface area contributed by atoms with Crippen molar-refractivity contribution in [2.45, 2.75) is 128 Å². The molecule has 330 valence electrons. The van der Waals surface area contributed by atoms with Crippen molar-refractivity contribution in [1.82, 2.24) is 14.1 Å². The molecule has 0 bridgehead atoms. The van der Waals surface area contributed by atoms with Crippen LogP contribution in [0.3, 0.4) is 0 Å². The molecule has 5 heteroatoms. The Hall–Kier alpha value is -5.78. The second-order valence-electron chi connectivity index (χ2n) is 22.9. The lowest BCUT2D eigenvalue weighted by Crippen LogP contribution is -2.59. The van der Waals surface area contributed by atoms with Gasteiger partial charge in [-0.3, -0.25) is 4.57 Å². The molecular weight excluding hydrogens is 818 g/mol. The van der Waals surface area contributed by atoms with Crippen molar-refractivity contribution >= 4 is 67.7 Å². The van der Waals surface area contributed by atoms with E-state index >= 15 is 0 Å². The first-order valence-electron chi connectivity index (χ1n) is 24.1. The molecule has 2 aromatic heterocycles. The standard InChI is InChI=1S/C61H62BN3S/c1-35(2)42-21-17-22-43(36(3)4)55(42)65-57-44(23-18-24-49(57)63-58(65)37-19-15-14-16-20-37)38-29-51-54-53(30-38)66-52-28-26-40(60(8,9)10)33-47(52)62(54)48-34-41(61(11,12)13)32-46-45-31-39(59(5,6)7)25-27-50(45)64(51)56(46)48/h14-36H,1-13H3. The number of para-hydroxylation sites is 2. The molecule has 3 nitrogen and oxygen atoms in total. The van der Waals surface area contributed by atoms with Gasteiger partial charge in [-0.25, -0.2) is 4.98 Å². The SMILES string of the molecule is CC(C)c1cccc(C(C)C)c1-n1c(-c2ccccc2)nc2cccc(-c3cc4c5c(c3)-n3c6ccc(C(C)(C)C)cc6c6cc(C(C)(C)C)cc(c63)B5c3cc(C(C)(C)C)ccc3S4)c21. The zero-order valence-corrected chi connectivity index (χ0v) is 41.9. The second kappa shape index (κ2) is 14.9. The molecule has 0 unspecified atom stereocenters. The predicted molar refractivity (Wildman–Crippen MR) is 286 cm³/mol. The second-order valence-corrected chi connectivity index (χ2v) is 24.0. The summed E-state index contributed by atoms with van der Waals surface area (Å²) in [5.41, 5.74) is 21.8. The van der Waals surface area contributed by atoms with E-state index in [0.29, 0.717) is 11.8 Å². The van der Waals surface area contributed by atoms with Crippen LogP contribution in [-0.4, -0.2) is 20.8 Å². The van der Waals surface area contributed by atoms with Crippen LogP contribution in [0.15, 0.2) is 137 Å². The Kier molecular flexibility index (Phi) is 9.65. The Bertz CT molecular complexity index is 3430. The van der Waals surface area contributed by atoms with Gasteiger partial charge >= 0.3 is 0 Å². The lowest BCUT2D eigenvalue weighted by molar-refractivity contribution is 0.590. The molecule has 4 heterocycles. The van der Waals surface area contributed by atoms with Gasteiger partial charge in [-0.1, -0.05) is 192 Å². The van der Waals surface area contributed by atoms with Crippen molar-refractivity contribution in [2.24, 2.45) is 0 Å². The monoisotopic (exact) mass is 879 g/mol. The van der Waals surface area contributed by atoms with Gasteiger partial charge in [0, 0.05) is 42.9 Å². The number of rotatable bonds is 5. The van der Waals surface area contributed by atoms with Crippen LogP contribution >= 0.6 is 11.8 Å². The number of hydrogen-bond acceptors (Lipinski definition) is 2. The average Bonchev–Trinajstić information content (AvgIpc) is 3.83. The van der Waals surface area contributed by atoms with Gasteiger partial charge in [0.15, 0.2) is 0 Å². The maximum atomic E-state index is 5.56. The van der Waals surface area contributed by atoms with Crippen molar-refractivity contribution in [3.63, 3.8) is 0 Å². The van der Waals surface area contributed by atoms with E-state index in [4.69, 9.17) is 4.98 Å². The van der Waals surface area contributed by atoms with Gasteiger partial charge in [-0.15, -0.1) is 0 Å². The highest BCUT2D eigenvalue weighted by Gasteiger charge is 2.41. The van der Waals surface area contributed by atoms with E-state index in [9.17, 15) is 0 Å². The van der Waals surface area contributed by atoms with Crippen molar-refractivity contribution in [2.75, 3.05) is 0 Å². The maximum absolute atomic E-state index is 5.56. The van der Waals surface area contributed by atoms with Crippen LogP contribution in [0.2, 0.25) is 0 Å². The summed E-state index contributed by atoms with van der Waals surface area (Å²) in [5.74, 6) is 1.60. The van der Waals surface area contributed by atoms with Crippen LogP contribution in [0.1, 0.15) is 130 Å². The fraction of sp³-hybridized carbons (Fsp3) is 0.295. The molecule has 0 saturated heterocycles. The van der Waals surface area contributed by atoms with Crippen LogP contribution in [0.5, 0.6) is 0 Å². The Morgan fingerprint density at radius 2 is 1.14 bits per heavy atom. The van der Waals surface area contributed by atoms with Crippen molar-refractivity contribution in [3.05, 3.63) is 155 Å². The lowest BCUT2D eigenvalue weighted by atomic mass is 9.35. The number of aromatic nitrogens is 3. The number of imidazole rings is 1. The zero-order chi connectivity index (χ0) is 46.4. The molecule has 0 N–H and O–H groups in total. The normalized spacial score (nSPS) is 13.7. The summed E-state index contributed by atoms with van der Waals surface area (Å²) in [6.45, 7) is 30.5. The van der Waals surface area contributed by atoms with Gasteiger partial charge in [0.2, 0.25) is 6.71 Å². The first-order valence-corrected chi connectivity index (χ1v) is 25.0. The van der Waals surface area contributed by atoms with Crippen LogP contribution in [0, 0.1) is 0 Å². The maximum Gasteiger partial charge on any atom is 0.249 e. The highest BCUT2D eigenvalue weighted by atomic mass is 32.2. The minimum absolute atomic E-state index is 0.0136. The Morgan fingerprint density at radius 1 is 0.515 bits per heavy atom. The van der Waals surface area contributed by atoms with E-state index < -0.39 is 0 Å². The summed E-state index contributed by atoms with van der Waals surface area (Å²) in [4.78, 5) is 8.23. The number of hydrogen-bond donors (Lipinski definition) is 0. The predicted octanol–water partition coefficient (Wildman–Crippen LogP) is 14.9. The van der Waals surface area contributed by atoms with E-state index in [1.54, 1.807) is 0 Å². The van der Waals surface area contributed by atoms with Crippen molar-refractivity contribution in [3.8, 4) is 33.9 Å². The molecular formula is C61H62BN3S. The van der Waals surface area contributed by atoms with Crippen LogP contribution in [0.25, 0.3) is 66.7 Å². The molecule has 0 saturated carbocycles. The summed E-state index contributed by atoms with van der Waals surface area (Å²) >= 11 is 1.95. The third-order valence-corrected chi connectivity index (χ3v) is 15.7. The van der Waals surface area contributed by atoms with E-state index in [0.717, 1.165) is 22.4 Å². The number of fused-ring (bicyclic) bond motifs is 8. The van der Waals surface area contributed by atoms with Gasteiger partial charge in [0.1, 0.15) is 5.82 Å². The van der Waals surface area contributed by atoms with Crippen LogP contribution in [-0.2, 0) is 16.2 Å². The molecule has 0 aliphatic carbocycles. The van der Waals surface area contributed by atoms with Gasteiger partial charge in [0.05, 0.1) is 22.2 Å². The molecule has 0 atom stereocenters. The average molecular weight is 880 g/mol. The first kappa shape index (κ1) is 42.8. The lowest BCUT2D eigenvalue weighted by Gasteiger charge is -2.35. The quantitative estimate of drug-likeness (QED) is 0.161. The summed E-state index contributed by atoms with van der Waals surface area (Å²) in [6.07, 6.45) is 0. The minimum atomic E-state index is -0.0307. The molecule has 0 radical (unpaired) electrons. The van der Waals surface area contributed by atoms with Gasteiger partial charge in [-0.05, 0) is 115 Å². The fourth-order valence-electron chi connectivity index (χ4n) is 10.9. The molecule has 0 spiro atoms. The molecule has 9 aromatic rings. The minimum Gasteiger partial charge on any atom is -0.310 e. The number of nitrogens with zero attached hydrogens (tertiary/aromatic N) is 3. The highest BCUT2D eigenvalue weighted by Crippen LogP contribution is 2.46. The van der Waals surface area contributed by atoms with Gasteiger partial charge < -0.3 is 4.57 Å². The molecule has 11 rings (SSSR count). The van der Waals surface area contributed by atoms with Crippen LogP contribution < -0.4 is 16.4 Å². The Morgan fingerprint density at radius 3 is 1.80 bits per heavy atom. The third-order valence-electron chi connectivity index (χ3n) is 14.6. The van der Waals surface area contributed by atoms with Crippen LogP contribution in [0.4, 0.5) is 0 Å². The highest BCUT2D eigenvalue weighted by molar-refractivity contribution is 8.00. The molecule has 66 heavy (non-hydrogen) atoms. The smallest absolute Gasteiger partial charge is 0.249 e. The fourth-order valence-corrected chi connectivity index (χ4v) is 12.1. The van der Waals surface area contributed by atoms with Gasteiger partial charge in [0.25, 0.3) is 0 Å². The summed E-state index contributed by atoms with van der Waals surface area (Å²) in [7, 11) is 0. The third kappa shape index (κ3) is 6.58. The topological polar surface area (TPSA) is 22.8 Å². The summed E-state index contributed by atoms with van der Waals surface area (Å²) in [5, 5.41) is 2.68. The Labute approximate surface area is 396 Å². The molecule has 0 amide bonds. The first-order chi connectivity index (χ1) is 31.3. The molecule has 2 aliphatic rings. The number of benzene rings is 7. The zero-order valence-electron chi connectivity index (χ0n) is 41.1. The van der Waals surface area contributed by atoms with Gasteiger partial charge in [-0.2, -0.15) is 0 Å². The summed E-state index contributed by atoms with van der Waals surface area (Å²) < 4.78 is 5.17. The van der Waals surface area contributed by atoms with Crippen molar-refractivity contribution in [1.29, 1.82) is 0 Å². The largest absolute Gasteiger partial charge is 0.310 e. The molecule has 7 aromatic carbocycles. The molecule has 0 fully saturated rings. The van der Waals surface area contributed by atoms with E-state index in [1.807, 2.05) is 11.8 Å². The van der Waals surface area contributed by atoms with E-state index in [-0.39, 0.29) is 23.0 Å². The summed E-state index contributed by atoms with van der Waals surface area (Å²) in [6, 6.07) is 49.2. The van der Waals surface area contributed by atoms with E-state index in [1.165, 1.54) is 98.3 Å². The molecule has 2 aliphatic heterocycles.